The van der Waals surface area contributed by atoms with E-state index >= 15 is 0 Å². The molecule has 0 saturated carbocycles. The van der Waals surface area contributed by atoms with Crippen LogP contribution in [0.1, 0.15) is 29.0 Å². The minimum atomic E-state index is 0.245. The van der Waals surface area contributed by atoms with E-state index in [4.69, 9.17) is 23.2 Å². The van der Waals surface area contributed by atoms with Crippen molar-refractivity contribution in [3.05, 3.63) is 55.7 Å². The SMILES string of the molecule is CCNC(Cc1cccc(Cl)c1)c1scc(C)c1Cl. The van der Waals surface area contributed by atoms with Crippen molar-refractivity contribution in [1.82, 2.24) is 5.32 Å². The zero-order valence-corrected chi connectivity index (χ0v) is 13.4. The summed E-state index contributed by atoms with van der Waals surface area (Å²) in [6, 6.07) is 8.25. The second kappa shape index (κ2) is 6.76. The molecule has 0 aliphatic heterocycles. The molecule has 0 aliphatic rings. The van der Waals surface area contributed by atoms with E-state index in [9.17, 15) is 0 Å². The lowest BCUT2D eigenvalue weighted by Crippen LogP contribution is -2.22. The van der Waals surface area contributed by atoms with Crippen LogP contribution in [0.25, 0.3) is 0 Å². The van der Waals surface area contributed by atoms with Crippen molar-refractivity contribution in [2.24, 2.45) is 0 Å². The Morgan fingerprint density at radius 3 is 2.68 bits per heavy atom. The van der Waals surface area contributed by atoms with Crippen molar-refractivity contribution in [2.45, 2.75) is 26.3 Å². The minimum Gasteiger partial charge on any atom is -0.309 e. The Hall–Kier alpha value is -0.540. The van der Waals surface area contributed by atoms with E-state index in [1.54, 1.807) is 11.3 Å². The largest absolute Gasteiger partial charge is 0.309 e. The highest BCUT2D eigenvalue weighted by molar-refractivity contribution is 7.10. The maximum Gasteiger partial charge on any atom is 0.0590 e. The predicted molar refractivity (Wildman–Crippen MR) is 85.6 cm³/mol. The van der Waals surface area contributed by atoms with Gasteiger partial charge in [-0.2, -0.15) is 0 Å². The first-order valence-electron chi connectivity index (χ1n) is 6.33. The van der Waals surface area contributed by atoms with Gasteiger partial charge in [-0.3, -0.25) is 0 Å². The third-order valence-electron chi connectivity index (χ3n) is 3.02. The zero-order valence-electron chi connectivity index (χ0n) is 11.0. The molecule has 0 radical (unpaired) electrons. The van der Waals surface area contributed by atoms with Gasteiger partial charge in [0.25, 0.3) is 0 Å². The molecule has 2 rings (SSSR count). The van der Waals surface area contributed by atoms with Crippen LogP contribution in [0.4, 0.5) is 0 Å². The Bertz CT molecular complexity index is 551. The smallest absolute Gasteiger partial charge is 0.0590 e. The maximum atomic E-state index is 6.38. The fourth-order valence-corrected chi connectivity index (χ4v) is 3.70. The van der Waals surface area contributed by atoms with Gasteiger partial charge in [0.05, 0.1) is 5.02 Å². The van der Waals surface area contributed by atoms with E-state index in [1.165, 1.54) is 10.4 Å². The Morgan fingerprint density at radius 2 is 2.11 bits per heavy atom. The van der Waals surface area contributed by atoms with Gasteiger partial charge in [-0.25, -0.2) is 0 Å². The highest BCUT2D eigenvalue weighted by Gasteiger charge is 2.17. The fraction of sp³-hybridized carbons (Fsp3) is 0.333. The Labute approximate surface area is 128 Å². The lowest BCUT2D eigenvalue weighted by atomic mass is 10.0. The second-order valence-corrected chi connectivity index (χ2v) is 6.27. The summed E-state index contributed by atoms with van der Waals surface area (Å²) in [6.45, 7) is 5.07. The third-order valence-corrected chi connectivity index (χ3v) is 5.08. The molecule has 0 amide bonds. The van der Waals surface area contributed by atoms with Gasteiger partial charge in [-0.05, 0) is 48.5 Å². The summed E-state index contributed by atoms with van der Waals surface area (Å²) in [5.74, 6) is 0. The molecule has 4 heteroatoms. The molecule has 1 atom stereocenters. The molecule has 1 nitrogen and oxygen atoms in total. The van der Waals surface area contributed by atoms with Gasteiger partial charge < -0.3 is 5.32 Å². The normalized spacial score (nSPS) is 12.6. The number of benzene rings is 1. The molecule has 102 valence electrons. The van der Waals surface area contributed by atoms with Crippen molar-refractivity contribution in [1.29, 1.82) is 0 Å². The van der Waals surface area contributed by atoms with E-state index in [0.29, 0.717) is 0 Å². The first kappa shape index (κ1) is 14.9. The number of rotatable bonds is 5. The first-order chi connectivity index (χ1) is 9.11. The monoisotopic (exact) mass is 313 g/mol. The molecule has 0 bridgehead atoms. The summed E-state index contributed by atoms with van der Waals surface area (Å²) in [6.07, 6.45) is 0.897. The molecule has 1 heterocycles. The molecule has 0 saturated heterocycles. The van der Waals surface area contributed by atoms with Gasteiger partial charge >= 0.3 is 0 Å². The predicted octanol–water partition coefficient (Wildman–Crippen LogP) is 5.26. The number of hydrogen-bond acceptors (Lipinski definition) is 2. The molecule has 2 aromatic rings. The van der Waals surface area contributed by atoms with Gasteiger partial charge in [0.1, 0.15) is 0 Å². The number of aryl methyl sites for hydroxylation is 1. The van der Waals surface area contributed by atoms with E-state index in [1.807, 2.05) is 25.1 Å². The Balaban J connectivity index is 2.23. The Morgan fingerprint density at radius 1 is 1.32 bits per heavy atom. The Kier molecular flexibility index (Phi) is 5.28. The molecular formula is C15H17Cl2NS. The average Bonchev–Trinajstić information content (AvgIpc) is 2.70. The quantitative estimate of drug-likeness (QED) is 0.794. The molecule has 0 fully saturated rings. The summed E-state index contributed by atoms with van der Waals surface area (Å²) < 4.78 is 0. The zero-order chi connectivity index (χ0) is 13.8. The number of nitrogens with one attached hydrogen (secondary N) is 1. The third kappa shape index (κ3) is 3.73. The van der Waals surface area contributed by atoms with Crippen molar-refractivity contribution in [3.63, 3.8) is 0 Å². The topological polar surface area (TPSA) is 12.0 Å². The van der Waals surface area contributed by atoms with Crippen LogP contribution in [0, 0.1) is 6.92 Å². The van der Waals surface area contributed by atoms with Crippen molar-refractivity contribution < 1.29 is 0 Å². The van der Waals surface area contributed by atoms with Gasteiger partial charge in [-0.15, -0.1) is 11.3 Å². The molecule has 0 aliphatic carbocycles. The summed E-state index contributed by atoms with van der Waals surface area (Å²) >= 11 is 14.1. The lowest BCUT2D eigenvalue weighted by molar-refractivity contribution is 0.558. The van der Waals surface area contributed by atoms with Crippen LogP contribution in [0.5, 0.6) is 0 Å². The van der Waals surface area contributed by atoms with Gasteiger partial charge in [-0.1, -0.05) is 42.3 Å². The van der Waals surface area contributed by atoms with Crippen LogP contribution in [0.15, 0.2) is 29.6 Å². The molecule has 0 spiro atoms. The molecular weight excluding hydrogens is 297 g/mol. The number of halogens is 2. The molecule has 1 N–H and O–H groups in total. The van der Waals surface area contributed by atoms with Crippen molar-refractivity contribution >= 4 is 34.5 Å². The summed E-state index contributed by atoms with van der Waals surface area (Å²) in [5.41, 5.74) is 2.37. The minimum absolute atomic E-state index is 0.245. The number of thiophene rings is 1. The van der Waals surface area contributed by atoms with Gasteiger partial charge in [0.2, 0.25) is 0 Å². The standard InChI is InChI=1S/C15H17Cl2NS/c1-3-18-13(15-14(17)10(2)9-19-15)8-11-5-4-6-12(16)7-11/h4-7,9,13,18H,3,8H2,1-2H3. The highest BCUT2D eigenvalue weighted by atomic mass is 35.5. The van der Waals surface area contributed by atoms with Crippen LogP contribution in [-0.4, -0.2) is 6.54 Å². The van der Waals surface area contributed by atoms with E-state index in [2.05, 4.69) is 23.7 Å². The summed E-state index contributed by atoms with van der Waals surface area (Å²) in [4.78, 5) is 1.21. The van der Waals surface area contributed by atoms with Gasteiger partial charge in [0, 0.05) is 15.9 Å². The average molecular weight is 314 g/mol. The van der Waals surface area contributed by atoms with Crippen LogP contribution in [0.3, 0.4) is 0 Å². The highest BCUT2D eigenvalue weighted by Crippen LogP contribution is 2.34. The van der Waals surface area contributed by atoms with Gasteiger partial charge in [0.15, 0.2) is 0 Å². The summed E-state index contributed by atoms with van der Waals surface area (Å²) in [5, 5.41) is 7.28. The molecule has 1 unspecified atom stereocenters. The van der Waals surface area contributed by atoms with Crippen LogP contribution in [-0.2, 0) is 6.42 Å². The first-order valence-corrected chi connectivity index (χ1v) is 7.96. The van der Waals surface area contributed by atoms with E-state index in [-0.39, 0.29) is 6.04 Å². The van der Waals surface area contributed by atoms with Crippen LogP contribution >= 0.6 is 34.5 Å². The van der Waals surface area contributed by atoms with E-state index in [0.717, 1.165) is 28.6 Å². The van der Waals surface area contributed by atoms with Crippen molar-refractivity contribution in [2.75, 3.05) is 6.54 Å². The summed E-state index contributed by atoms with van der Waals surface area (Å²) in [7, 11) is 0. The molecule has 1 aromatic heterocycles. The van der Waals surface area contributed by atoms with Crippen LogP contribution in [0.2, 0.25) is 10.0 Å². The second-order valence-electron chi connectivity index (χ2n) is 4.54. The fourth-order valence-electron chi connectivity index (χ4n) is 2.09. The lowest BCUT2D eigenvalue weighted by Gasteiger charge is -2.17. The maximum absolute atomic E-state index is 6.38. The number of hydrogen-bond donors (Lipinski definition) is 1. The van der Waals surface area contributed by atoms with Crippen molar-refractivity contribution in [3.8, 4) is 0 Å². The van der Waals surface area contributed by atoms with Crippen LogP contribution < -0.4 is 5.32 Å². The number of likely N-dealkylation sites (N-methyl/N-ethyl adjacent to an activating group) is 1. The van der Waals surface area contributed by atoms with E-state index < -0.39 is 0 Å². The molecule has 19 heavy (non-hydrogen) atoms. The molecule has 1 aromatic carbocycles.